The molecule has 0 bridgehead atoms. The summed E-state index contributed by atoms with van der Waals surface area (Å²) in [6.07, 6.45) is 2.32. The second-order valence-electron chi connectivity index (χ2n) is 5.77. The van der Waals surface area contributed by atoms with Crippen LogP contribution in [-0.4, -0.2) is 38.3 Å². The van der Waals surface area contributed by atoms with Gasteiger partial charge in [-0.2, -0.15) is 0 Å². The monoisotopic (exact) mass is 295 g/mol. The third-order valence-electron chi connectivity index (χ3n) is 3.33. The van der Waals surface area contributed by atoms with E-state index in [4.69, 9.17) is 11.6 Å². The van der Waals surface area contributed by atoms with Crippen molar-refractivity contribution in [3.8, 4) is 0 Å². The van der Waals surface area contributed by atoms with Crippen LogP contribution in [0.4, 0.5) is 0 Å². The van der Waals surface area contributed by atoms with E-state index in [2.05, 4.69) is 19.2 Å². The van der Waals surface area contributed by atoms with Gasteiger partial charge in [0.1, 0.15) is 0 Å². The van der Waals surface area contributed by atoms with E-state index in [-0.39, 0.29) is 28.7 Å². The van der Waals surface area contributed by atoms with Gasteiger partial charge in [-0.1, -0.05) is 13.8 Å². The second-order valence-corrected chi connectivity index (χ2v) is 8.38. The molecule has 106 valence electrons. The number of halogens is 1. The summed E-state index contributed by atoms with van der Waals surface area (Å²) < 4.78 is 22.6. The number of hydrogen-bond acceptors (Lipinski definition) is 3. The molecule has 4 nitrogen and oxygen atoms in total. The summed E-state index contributed by atoms with van der Waals surface area (Å²) in [5.74, 6) is 0.272. The van der Waals surface area contributed by atoms with Gasteiger partial charge in [0.15, 0.2) is 9.84 Å². The van der Waals surface area contributed by atoms with Crippen LogP contribution in [0.1, 0.15) is 33.1 Å². The summed E-state index contributed by atoms with van der Waals surface area (Å²) in [6, 6.07) is 0. The first-order chi connectivity index (χ1) is 8.26. The molecule has 1 fully saturated rings. The van der Waals surface area contributed by atoms with Crippen LogP contribution in [0.2, 0.25) is 0 Å². The van der Waals surface area contributed by atoms with Gasteiger partial charge in [-0.15, -0.1) is 11.6 Å². The third-order valence-corrected chi connectivity index (χ3v) is 5.37. The molecule has 1 saturated heterocycles. The Hall–Kier alpha value is -0.290. The van der Waals surface area contributed by atoms with Crippen LogP contribution < -0.4 is 5.32 Å². The quantitative estimate of drug-likeness (QED) is 0.757. The van der Waals surface area contributed by atoms with Gasteiger partial charge < -0.3 is 5.32 Å². The average molecular weight is 296 g/mol. The molecule has 6 heteroatoms. The van der Waals surface area contributed by atoms with E-state index >= 15 is 0 Å². The van der Waals surface area contributed by atoms with Gasteiger partial charge in [-0.05, 0) is 24.7 Å². The summed E-state index contributed by atoms with van der Waals surface area (Å²) in [6.45, 7) is 4.72. The Labute approximate surface area is 114 Å². The van der Waals surface area contributed by atoms with Crippen molar-refractivity contribution in [3.05, 3.63) is 0 Å². The van der Waals surface area contributed by atoms with Crippen LogP contribution in [-0.2, 0) is 14.6 Å². The zero-order valence-corrected chi connectivity index (χ0v) is 12.6. The van der Waals surface area contributed by atoms with Crippen molar-refractivity contribution in [2.24, 2.45) is 11.3 Å². The van der Waals surface area contributed by atoms with Crippen molar-refractivity contribution in [1.29, 1.82) is 0 Å². The lowest BCUT2D eigenvalue weighted by Gasteiger charge is -2.25. The highest BCUT2D eigenvalue weighted by Gasteiger charge is 2.33. The molecule has 0 aromatic heterocycles. The molecule has 1 aliphatic heterocycles. The number of carbonyl (C=O) groups excluding carboxylic acids is 1. The minimum Gasteiger partial charge on any atom is -0.355 e. The Balaban J connectivity index is 2.37. The summed E-state index contributed by atoms with van der Waals surface area (Å²) in [5, 5.41) is 2.87. The minimum absolute atomic E-state index is 0.000934. The lowest BCUT2D eigenvalue weighted by atomic mass is 9.88. The number of nitrogens with one attached hydrogen (secondary N) is 1. The first-order valence-electron chi connectivity index (χ1n) is 6.30. The average Bonchev–Trinajstić information content (AvgIpc) is 2.64. The predicted octanol–water partition coefficient (Wildman–Crippen LogP) is 1.58. The molecule has 1 aliphatic rings. The van der Waals surface area contributed by atoms with Crippen LogP contribution in [0.3, 0.4) is 0 Å². The molecular formula is C12H22ClNO3S. The number of hydrogen-bond donors (Lipinski definition) is 1. The Morgan fingerprint density at radius 2 is 2.11 bits per heavy atom. The SMILES string of the molecule is CC(C)(CCCCl)CNC(=O)C1CCS(=O)(=O)C1. The summed E-state index contributed by atoms with van der Waals surface area (Å²) in [7, 11) is -2.99. The Bertz CT molecular complexity index is 392. The third kappa shape index (κ3) is 5.14. The van der Waals surface area contributed by atoms with Crippen molar-refractivity contribution in [3.63, 3.8) is 0 Å². The predicted molar refractivity (Wildman–Crippen MR) is 73.5 cm³/mol. The highest BCUT2D eigenvalue weighted by molar-refractivity contribution is 7.91. The molecule has 18 heavy (non-hydrogen) atoms. The van der Waals surface area contributed by atoms with Gasteiger partial charge in [0, 0.05) is 12.4 Å². The normalized spacial score (nSPS) is 22.9. The molecule has 0 aliphatic carbocycles. The molecule has 0 saturated carbocycles. The van der Waals surface area contributed by atoms with Crippen molar-refractivity contribution in [2.75, 3.05) is 23.9 Å². The lowest BCUT2D eigenvalue weighted by molar-refractivity contribution is -0.124. The van der Waals surface area contributed by atoms with Gasteiger partial charge in [0.25, 0.3) is 0 Å². The highest BCUT2D eigenvalue weighted by atomic mass is 35.5. The lowest BCUT2D eigenvalue weighted by Crippen LogP contribution is -2.38. The second kappa shape index (κ2) is 6.24. The smallest absolute Gasteiger partial charge is 0.224 e. The van der Waals surface area contributed by atoms with Crippen molar-refractivity contribution < 1.29 is 13.2 Å². The zero-order valence-electron chi connectivity index (χ0n) is 11.0. The van der Waals surface area contributed by atoms with Crippen LogP contribution in [0.25, 0.3) is 0 Å². The van der Waals surface area contributed by atoms with E-state index in [1.807, 2.05) is 0 Å². The number of rotatable bonds is 6. The molecule has 0 aromatic rings. The zero-order chi connectivity index (χ0) is 13.8. The van der Waals surface area contributed by atoms with Crippen molar-refractivity contribution in [1.82, 2.24) is 5.32 Å². The maximum atomic E-state index is 11.9. The van der Waals surface area contributed by atoms with E-state index in [0.717, 1.165) is 12.8 Å². The van der Waals surface area contributed by atoms with Crippen LogP contribution in [0.15, 0.2) is 0 Å². The molecule has 1 atom stereocenters. The molecule has 0 radical (unpaired) electrons. The number of sulfone groups is 1. The first kappa shape index (κ1) is 15.8. The highest BCUT2D eigenvalue weighted by Crippen LogP contribution is 2.23. The van der Waals surface area contributed by atoms with Gasteiger partial charge in [0.05, 0.1) is 17.4 Å². The molecular weight excluding hydrogens is 274 g/mol. The Morgan fingerprint density at radius 1 is 1.44 bits per heavy atom. The Kier molecular flexibility index (Phi) is 5.46. The first-order valence-corrected chi connectivity index (χ1v) is 8.65. The standard InChI is InChI=1S/C12H22ClNO3S/c1-12(2,5-3-6-13)9-14-11(15)10-4-7-18(16,17)8-10/h10H,3-9H2,1-2H3,(H,14,15). The van der Waals surface area contributed by atoms with E-state index in [1.54, 1.807) is 0 Å². The van der Waals surface area contributed by atoms with Crippen molar-refractivity contribution in [2.45, 2.75) is 33.1 Å². The molecule has 1 heterocycles. The van der Waals surface area contributed by atoms with Crippen LogP contribution >= 0.6 is 11.6 Å². The van der Waals surface area contributed by atoms with Gasteiger partial charge in [-0.25, -0.2) is 8.42 Å². The maximum Gasteiger partial charge on any atom is 0.224 e. The molecule has 0 spiro atoms. The molecule has 0 aromatic carbocycles. The van der Waals surface area contributed by atoms with Crippen LogP contribution in [0.5, 0.6) is 0 Å². The summed E-state index contributed by atoms with van der Waals surface area (Å²) in [4.78, 5) is 11.9. The van der Waals surface area contributed by atoms with Gasteiger partial charge >= 0.3 is 0 Å². The molecule has 1 unspecified atom stereocenters. The molecule has 1 rings (SSSR count). The fourth-order valence-corrected chi connectivity index (χ4v) is 3.98. The fraction of sp³-hybridized carbons (Fsp3) is 0.917. The van der Waals surface area contributed by atoms with Crippen molar-refractivity contribution >= 4 is 27.3 Å². The number of amides is 1. The fourth-order valence-electron chi connectivity index (χ4n) is 2.11. The van der Waals surface area contributed by atoms with Crippen LogP contribution in [0, 0.1) is 11.3 Å². The number of alkyl halides is 1. The summed E-state index contributed by atoms with van der Waals surface area (Å²) >= 11 is 5.65. The Morgan fingerprint density at radius 3 is 2.61 bits per heavy atom. The number of carbonyl (C=O) groups is 1. The van der Waals surface area contributed by atoms with E-state index in [1.165, 1.54) is 0 Å². The van der Waals surface area contributed by atoms with E-state index < -0.39 is 9.84 Å². The summed E-state index contributed by atoms with van der Waals surface area (Å²) in [5.41, 5.74) is 0.00201. The minimum atomic E-state index is -2.99. The largest absolute Gasteiger partial charge is 0.355 e. The topological polar surface area (TPSA) is 63.2 Å². The van der Waals surface area contributed by atoms with E-state index in [9.17, 15) is 13.2 Å². The molecule has 1 N–H and O–H groups in total. The van der Waals surface area contributed by atoms with Gasteiger partial charge in [-0.3, -0.25) is 4.79 Å². The molecule has 1 amide bonds. The van der Waals surface area contributed by atoms with E-state index in [0.29, 0.717) is 18.8 Å². The maximum absolute atomic E-state index is 11.9. The van der Waals surface area contributed by atoms with Gasteiger partial charge in [0.2, 0.25) is 5.91 Å².